The normalized spacial score (nSPS) is 15.6. The van der Waals surface area contributed by atoms with E-state index in [2.05, 4.69) is 57.8 Å². The van der Waals surface area contributed by atoms with E-state index in [-0.39, 0.29) is 0 Å². The van der Waals surface area contributed by atoms with Crippen molar-refractivity contribution in [2.45, 2.75) is 0 Å². The minimum atomic E-state index is 0.492. The van der Waals surface area contributed by atoms with Crippen LogP contribution < -0.4 is 10.1 Å². The number of hydrogen-bond acceptors (Lipinski definition) is 4. The molecule has 0 bridgehead atoms. The van der Waals surface area contributed by atoms with Crippen LogP contribution in [0.15, 0.2) is 96.6 Å². The lowest BCUT2D eigenvalue weighted by atomic mass is 10.0. The lowest BCUT2D eigenvalue weighted by Crippen LogP contribution is -2.19. The van der Waals surface area contributed by atoms with Crippen LogP contribution in [-0.4, -0.2) is 23.2 Å². The highest BCUT2D eigenvalue weighted by Gasteiger charge is 2.22. The summed E-state index contributed by atoms with van der Waals surface area (Å²) >= 11 is 0. The van der Waals surface area contributed by atoms with Crippen LogP contribution in [0, 0.1) is 0 Å². The van der Waals surface area contributed by atoms with Crippen LogP contribution in [0.1, 0.15) is 5.56 Å². The van der Waals surface area contributed by atoms with Crippen LogP contribution in [0.3, 0.4) is 0 Å². The number of rotatable bonds is 4. The molecule has 2 aliphatic rings. The van der Waals surface area contributed by atoms with Crippen LogP contribution in [0.4, 0.5) is 0 Å². The van der Waals surface area contributed by atoms with Gasteiger partial charge in [-0.2, -0.15) is 0 Å². The van der Waals surface area contributed by atoms with E-state index in [1.165, 1.54) is 11.1 Å². The Morgan fingerprint density at radius 1 is 1.00 bits per heavy atom. The lowest BCUT2D eigenvalue weighted by Gasteiger charge is -2.19. The van der Waals surface area contributed by atoms with Gasteiger partial charge in [0.1, 0.15) is 12.4 Å². The van der Waals surface area contributed by atoms with Gasteiger partial charge in [0.15, 0.2) is 0 Å². The van der Waals surface area contributed by atoms with Crippen molar-refractivity contribution in [3.8, 4) is 5.75 Å². The molecule has 0 saturated heterocycles. The first-order valence-corrected chi connectivity index (χ1v) is 9.04. The highest BCUT2D eigenvalue weighted by atomic mass is 16.5. The van der Waals surface area contributed by atoms with Crippen molar-refractivity contribution in [3.63, 3.8) is 0 Å². The van der Waals surface area contributed by atoms with Crippen LogP contribution >= 0.6 is 0 Å². The molecule has 2 aromatic carbocycles. The zero-order chi connectivity index (χ0) is 18.1. The molecular formula is C23H19N3O. The molecule has 0 spiro atoms. The number of pyridine rings is 1. The number of hydrogen-bond donors (Lipinski definition) is 1. The number of aromatic nitrogens is 1. The van der Waals surface area contributed by atoms with Crippen LogP contribution in [0.25, 0.3) is 16.5 Å². The Kier molecular flexibility index (Phi) is 3.87. The van der Waals surface area contributed by atoms with Gasteiger partial charge >= 0.3 is 0 Å². The van der Waals surface area contributed by atoms with Crippen molar-refractivity contribution in [1.82, 2.24) is 15.2 Å². The first-order valence-electron chi connectivity index (χ1n) is 9.04. The zero-order valence-electron chi connectivity index (χ0n) is 14.8. The van der Waals surface area contributed by atoms with Gasteiger partial charge < -0.3 is 15.0 Å². The van der Waals surface area contributed by atoms with Crippen molar-refractivity contribution in [1.29, 1.82) is 0 Å². The SMILES string of the molecule is C1=CN2CNC(COc3ccnc4ccccc34)=C2C=C1c1ccccc1. The predicted octanol–water partition coefficient (Wildman–Crippen LogP) is 4.30. The summed E-state index contributed by atoms with van der Waals surface area (Å²) in [6, 6.07) is 20.4. The molecule has 4 heteroatoms. The number of allylic oxidation sites excluding steroid dienone is 3. The summed E-state index contributed by atoms with van der Waals surface area (Å²) in [5.41, 5.74) is 5.62. The monoisotopic (exact) mass is 353 g/mol. The number of nitrogens with one attached hydrogen (secondary N) is 1. The van der Waals surface area contributed by atoms with Gasteiger partial charge in [-0.1, -0.05) is 42.5 Å². The molecule has 0 atom stereocenters. The fourth-order valence-electron chi connectivity index (χ4n) is 3.48. The Balaban J connectivity index is 1.43. The van der Waals surface area contributed by atoms with Crippen LogP contribution in [-0.2, 0) is 0 Å². The molecule has 0 saturated carbocycles. The van der Waals surface area contributed by atoms with E-state index >= 15 is 0 Å². The molecule has 1 N–H and O–H groups in total. The third-order valence-corrected chi connectivity index (χ3v) is 4.90. The molecule has 5 rings (SSSR count). The number of ether oxygens (including phenoxy) is 1. The summed E-state index contributed by atoms with van der Waals surface area (Å²) in [4.78, 5) is 6.60. The van der Waals surface area contributed by atoms with Crippen molar-refractivity contribution < 1.29 is 4.74 Å². The number of para-hydroxylation sites is 1. The smallest absolute Gasteiger partial charge is 0.130 e. The molecule has 27 heavy (non-hydrogen) atoms. The topological polar surface area (TPSA) is 37.4 Å². The molecule has 0 radical (unpaired) electrons. The molecule has 0 unspecified atom stereocenters. The molecule has 2 aliphatic heterocycles. The minimum Gasteiger partial charge on any atom is -0.487 e. The molecule has 132 valence electrons. The molecule has 3 aromatic rings. The van der Waals surface area contributed by atoms with E-state index in [1.54, 1.807) is 6.20 Å². The fourth-order valence-corrected chi connectivity index (χ4v) is 3.48. The quantitative estimate of drug-likeness (QED) is 0.759. The summed E-state index contributed by atoms with van der Waals surface area (Å²) in [6.45, 7) is 1.26. The molecule has 1 aromatic heterocycles. The summed E-state index contributed by atoms with van der Waals surface area (Å²) in [5, 5.41) is 4.49. The summed E-state index contributed by atoms with van der Waals surface area (Å²) in [7, 11) is 0. The van der Waals surface area contributed by atoms with Crippen molar-refractivity contribution in [3.05, 3.63) is 102 Å². The van der Waals surface area contributed by atoms with Crippen molar-refractivity contribution in [2.24, 2.45) is 0 Å². The lowest BCUT2D eigenvalue weighted by molar-refractivity contribution is 0.348. The van der Waals surface area contributed by atoms with Crippen LogP contribution in [0.2, 0.25) is 0 Å². The Labute approximate surface area is 158 Å². The second-order valence-electron chi connectivity index (χ2n) is 6.56. The largest absolute Gasteiger partial charge is 0.487 e. The van der Waals surface area contributed by atoms with Crippen molar-refractivity contribution in [2.75, 3.05) is 13.3 Å². The maximum atomic E-state index is 6.15. The van der Waals surface area contributed by atoms with Gasteiger partial charge in [-0.3, -0.25) is 4.98 Å². The van der Waals surface area contributed by atoms with E-state index in [4.69, 9.17) is 4.74 Å². The average molecular weight is 353 g/mol. The van der Waals surface area contributed by atoms with Gasteiger partial charge in [-0.25, -0.2) is 0 Å². The standard InChI is InChI=1S/C23H19N3O/c1-2-6-17(7-3-1)18-11-13-26-16-25-21(22(26)14-18)15-27-23-10-12-24-20-9-5-4-8-19(20)23/h1-14,25H,15-16H2. The van der Waals surface area contributed by atoms with E-state index in [0.717, 1.165) is 34.7 Å². The van der Waals surface area contributed by atoms with E-state index in [0.29, 0.717) is 6.61 Å². The Morgan fingerprint density at radius 3 is 2.78 bits per heavy atom. The van der Waals surface area contributed by atoms with Crippen LogP contribution in [0.5, 0.6) is 5.75 Å². The second-order valence-corrected chi connectivity index (χ2v) is 6.56. The summed E-state index contributed by atoms with van der Waals surface area (Å²) < 4.78 is 6.15. The average Bonchev–Trinajstić information content (AvgIpc) is 3.15. The molecule has 0 amide bonds. The highest BCUT2D eigenvalue weighted by molar-refractivity contribution is 5.84. The van der Waals surface area contributed by atoms with E-state index in [9.17, 15) is 0 Å². The van der Waals surface area contributed by atoms with Crippen molar-refractivity contribution >= 4 is 16.5 Å². The zero-order valence-corrected chi connectivity index (χ0v) is 14.8. The van der Waals surface area contributed by atoms with E-state index < -0.39 is 0 Å². The Hall–Kier alpha value is -3.53. The number of benzene rings is 2. The first kappa shape index (κ1) is 15.7. The summed E-state index contributed by atoms with van der Waals surface area (Å²) in [5.74, 6) is 0.854. The molecule has 4 nitrogen and oxygen atoms in total. The van der Waals surface area contributed by atoms with Gasteiger partial charge in [-0.05, 0) is 41.5 Å². The van der Waals surface area contributed by atoms with Gasteiger partial charge in [0, 0.05) is 17.8 Å². The maximum Gasteiger partial charge on any atom is 0.130 e. The highest BCUT2D eigenvalue weighted by Crippen LogP contribution is 2.29. The van der Waals surface area contributed by atoms with Gasteiger partial charge in [0.25, 0.3) is 0 Å². The molecular weight excluding hydrogens is 334 g/mol. The maximum absolute atomic E-state index is 6.15. The third kappa shape index (κ3) is 2.95. The molecule has 0 fully saturated rings. The minimum absolute atomic E-state index is 0.492. The van der Waals surface area contributed by atoms with Gasteiger partial charge in [-0.15, -0.1) is 0 Å². The third-order valence-electron chi connectivity index (χ3n) is 4.90. The molecule has 3 heterocycles. The van der Waals surface area contributed by atoms with E-state index in [1.807, 2.05) is 36.4 Å². The first-order chi connectivity index (χ1) is 13.4. The van der Waals surface area contributed by atoms with Gasteiger partial charge in [0.2, 0.25) is 0 Å². The second kappa shape index (κ2) is 6.65. The predicted molar refractivity (Wildman–Crippen MR) is 108 cm³/mol. The Morgan fingerprint density at radius 2 is 1.85 bits per heavy atom. The Bertz CT molecular complexity index is 1080. The summed E-state index contributed by atoms with van der Waals surface area (Å²) in [6.07, 6.45) is 8.29. The number of fused-ring (bicyclic) bond motifs is 2. The number of nitrogens with zero attached hydrogens (tertiary/aromatic N) is 2. The molecule has 0 aliphatic carbocycles. The fraction of sp³-hybridized carbons (Fsp3) is 0.0870. The van der Waals surface area contributed by atoms with Gasteiger partial charge in [0.05, 0.1) is 23.6 Å².